The molecule has 1 aromatic carbocycles. The minimum absolute atomic E-state index is 0.187. The lowest BCUT2D eigenvalue weighted by molar-refractivity contribution is -0.119. The summed E-state index contributed by atoms with van der Waals surface area (Å²) in [4.78, 5) is 18.2. The smallest absolute Gasteiger partial charge is 0.217 e. The van der Waals surface area contributed by atoms with Crippen LogP contribution in [0.1, 0.15) is 37.3 Å². The fourth-order valence-electron chi connectivity index (χ4n) is 3.86. The molecule has 28 heavy (non-hydrogen) atoms. The molecule has 0 radical (unpaired) electrons. The highest BCUT2D eigenvalue weighted by Gasteiger charge is 2.23. The van der Waals surface area contributed by atoms with E-state index in [9.17, 15) is 9.18 Å². The van der Waals surface area contributed by atoms with Crippen LogP contribution < -0.4 is 15.8 Å². The Balaban J connectivity index is 1.67. The van der Waals surface area contributed by atoms with Crippen LogP contribution >= 0.6 is 0 Å². The van der Waals surface area contributed by atoms with Gasteiger partial charge in [-0.3, -0.25) is 9.79 Å². The molecule has 0 bridgehead atoms. The van der Waals surface area contributed by atoms with Crippen molar-refractivity contribution in [2.24, 2.45) is 16.6 Å². The molecule has 1 fully saturated rings. The summed E-state index contributed by atoms with van der Waals surface area (Å²) in [6.07, 6.45) is 3.00. The molecule has 0 aliphatic carbocycles. The van der Waals surface area contributed by atoms with E-state index in [-0.39, 0.29) is 24.4 Å². The van der Waals surface area contributed by atoms with Crippen molar-refractivity contribution < 1.29 is 18.7 Å². The second-order valence-electron chi connectivity index (χ2n) is 7.27. The maximum atomic E-state index is 13.9. The number of aliphatic imine (C=N–C) groups is 1. The molecule has 8 heteroatoms. The van der Waals surface area contributed by atoms with Gasteiger partial charge in [-0.05, 0) is 49.8 Å². The number of carbonyl (C=O) groups excluding carboxylic acids is 1. The first-order valence-corrected chi connectivity index (χ1v) is 9.90. The lowest BCUT2D eigenvalue weighted by Crippen LogP contribution is -2.47. The third kappa shape index (κ3) is 5.34. The summed E-state index contributed by atoms with van der Waals surface area (Å²) in [5.41, 5.74) is 6.91. The summed E-state index contributed by atoms with van der Waals surface area (Å²) >= 11 is 0. The predicted octanol–water partition coefficient (Wildman–Crippen LogP) is 1.79. The molecule has 0 saturated carbocycles. The van der Waals surface area contributed by atoms with Crippen molar-refractivity contribution in [3.8, 4) is 5.75 Å². The van der Waals surface area contributed by atoms with Gasteiger partial charge in [0.2, 0.25) is 5.91 Å². The number of nitrogens with one attached hydrogen (secondary N) is 1. The molecule has 3 rings (SSSR count). The fraction of sp³-hybridized carbons (Fsp3) is 0.600. The van der Waals surface area contributed by atoms with E-state index in [2.05, 4.69) is 10.2 Å². The van der Waals surface area contributed by atoms with Crippen molar-refractivity contribution in [1.82, 2.24) is 10.2 Å². The molecule has 1 atom stereocenters. The quantitative estimate of drug-likeness (QED) is 0.569. The maximum Gasteiger partial charge on any atom is 0.217 e. The molecule has 2 aliphatic heterocycles. The summed E-state index contributed by atoms with van der Waals surface area (Å²) in [6.45, 7) is 5.51. The highest BCUT2D eigenvalue weighted by molar-refractivity contribution is 5.80. The number of hydrogen-bond acceptors (Lipinski definition) is 4. The van der Waals surface area contributed by atoms with Crippen molar-refractivity contribution in [2.45, 2.75) is 39.2 Å². The molecule has 7 nitrogen and oxygen atoms in total. The van der Waals surface area contributed by atoms with E-state index in [0.29, 0.717) is 31.7 Å². The summed E-state index contributed by atoms with van der Waals surface area (Å²) in [6, 6.07) is 2.97. The van der Waals surface area contributed by atoms with Crippen LogP contribution in [0.25, 0.3) is 0 Å². The van der Waals surface area contributed by atoms with Crippen LogP contribution in [0.5, 0.6) is 5.75 Å². The average molecular weight is 392 g/mol. The van der Waals surface area contributed by atoms with Crippen molar-refractivity contribution in [3.63, 3.8) is 0 Å². The highest BCUT2D eigenvalue weighted by Crippen LogP contribution is 2.29. The number of nitrogens with two attached hydrogens (primary N) is 1. The number of ether oxygens (including phenoxy) is 2. The normalized spacial score (nSPS) is 19.7. The minimum Gasteiger partial charge on any atom is -0.467 e. The third-order valence-corrected chi connectivity index (χ3v) is 5.04. The summed E-state index contributed by atoms with van der Waals surface area (Å²) < 4.78 is 24.7. The Labute approximate surface area is 165 Å². The molecule has 0 spiro atoms. The lowest BCUT2D eigenvalue weighted by Gasteiger charge is -2.34. The van der Waals surface area contributed by atoms with E-state index in [1.54, 1.807) is 0 Å². The standard InChI is InChI=1S/C20H29FN4O3/c1-2-23-20(25-7-3-4-14(11-25)8-18(22)26)24-6-5-15-9-17(21)10-16-12-27-13-28-19(15)16/h9-10,14H,2-8,11-13H2,1H3,(H2,22,26)(H,23,24). The zero-order valence-electron chi connectivity index (χ0n) is 16.4. The average Bonchev–Trinajstić information content (AvgIpc) is 2.67. The molecule has 1 saturated heterocycles. The van der Waals surface area contributed by atoms with Crippen LogP contribution in [0.3, 0.4) is 0 Å². The molecule has 2 heterocycles. The zero-order chi connectivity index (χ0) is 19.9. The first kappa shape index (κ1) is 20.4. The molecule has 1 aromatic rings. The summed E-state index contributed by atoms with van der Waals surface area (Å²) in [5.74, 6) is 1.26. The molecule has 154 valence electrons. The van der Waals surface area contributed by atoms with Crippen LogP contribution in [-0.2, 0) is 22.6 Å². The topological polar surface area (TPSA) is 89.2 Å². The molecular weight excluding hydrogens is 363 g/mol. The predicted molar refractivity (Wildman–Crippen MR) is 104 cm³/mol. The largest absolute Gasteiger partial charge is 0.467 e. The van der Waals surface area contributed by atoms with Gasteiger partial charge in [-0.25, -0.2) is 4.39 Å². The lowest BCUT2D eigenvalue weighted by atomic mass is 9.95. The van der Waals surface area contributed by atoms with Gasteiger partial charge >= 0.3 is 0 Å². The van der Waals surface area contributed by atoms with Crippen LogP contribution in [0.15, 0.2) is 17.1 Å². The van der Waals surface area contributed by atoms with Gasteiger partial charge in [-0.1, -0.05) is 0 Å². The second kappa shape index (κ2) is 9.73. The number of likely N-dealkylation sites (tertiary alicyclic amines) is 1. The molecule has 0 aromatic heterocycles. The first-order valence-electron chi connectivity index (χ1n) is 9.90. The van der Waals surface area contributed by atoms with Gasteiger partial charge in [0.25, 0.3) is 0 Å². The van der Waals surface area contributed by atoms with Gasteiger partial charge in [-0.15, -0.1) is 0 Å². The Hall–Kier alpha value is -2.35. The summed E-state index contributed by atoms with van der Waals surface area (Å²) in [5, 5.41) is 3.32. The molecule has 1 unspecified atom stereocenters. The highest BCUT2D eigenvalue weighted by atomic mass is 19.1. The monoisotopic (exact) mass is 392 g/mol. The molecule has 3 N–H and O–H groups in total. The van der Waals surface area contributed by atoms with Crippen molar-refractivity contribution in [3.05, 3.63) is 29.1 Å². The van der Waals surface area contributed by atoms with Gasteiger partial charge < -0.3 is 25.4 Å². The number of amides is 1. The van der Waals surface area contributed by atoms with Gasteiger partial charge in [-0.2, -0.15) is 0 Å². The van der Waals surface area contributed by atoms with Crippen LogP contribution in [-0.4, -0.2) is 49.7 Å². The van der Waals surface area contributed by atoms with E-state index >= 15 is 0 Å². The van der Waals surface area contributed by atoms with Crippen LogP contribution in [0, 0.1) is 11.7 Å². The Morgan fingerprint density at radius 3 is 3.11 bits per heavy atom. The molecule has 1 amide bonds. The Kier molecular flexibility index (Phi) is 7.08. The number of nitrogens with zero attached hydrogens (tertiary/aromatic N) is 2. The number of fused-ring (bicyclic) bond motifs is 1. The third-order valence-electron chi connectivity index (χ3n) is 5.04. The fourth-order valence-corrected chi connectivity index (χ4v) is 3.86. The van der Waals surface area contributed by atoms with E-state index in [1.807, 2.05) is 6.92 Å². The SMILES string of the molecule is CCNC(=NCCc1cc(F)cc2c1OCOC2)N1CCCC(CC(N)=O)C1. The minimum atomic E-state index is -0.288. The Morgan fingerprint density at radius 1 is 1.46 bits per heavy atom. The van der Waals surface area contributed by atoms with E-state index in [1.165, 1.54) is 12.1 Å². The maximum absolute atomic E-state index is 13.9. The van der Waals surface area contributed by atoms with Crippen molar-refractivity contribution in [2.75, 3.05) is 33.0 Å². The number of carbonyl (C=O) groups is 1. The van der Waals surface area contributed by atoms with Gasteiger partial charge in [0.05, 0.1) is 6.61 Å². The number of benzene rings is 1. The Morgan fingerprint density at radius 2 is 2.32 bits per heavy atom. The van der Waals surface area contributed by atoms with Gasteiger partial charge in [0.15, 0.2) is 12.8 Å². The second-order valence-corrected chi connectivity index (χ2v) is 7.27. The Bertz CT molecular complexity index is 726. The van der Waals surface area contributed by atoms with Crippen LogP contribution in [0.4, 0.5) is 4.39 Å². The first-order chi connectivity index (χ1) is 13.6. The van der Waals surface area contributed by atoms with Crippen LogP contribution in [0.2, 0.25) is 0 Å². The van der Waals surface area contributed by atoms with E-state index in [4.69, 9.17) is 20.2 Å². The van der Waals surface area contributed by atoms with Gasteiger partial charge in [0.1, 0.15) is 11.6 Å². The number of primary amides is 1. The van der Waals surface area contributed by atoms with E-state index in [0.717, 1.165) is 49.6 Å². The number of hydrogen-bond donors (Lipinski definition) is 2. The molecular formula is C20H29FN4O3. The van der Waals surface area contributed by atoms with Gasteiger partial charge in [0, 0.05) is 38.2 Å². The zero-order valence-corrected chi connectivity index (χ0v) is 16.4. The number of halogens is 1. The van der Waals surface area contributed by atoms with Crippen molar-refractivity contribution in [1.29, 1.82) is 0 Å². The number of piperidine rings is 1. The molecule has 2 aliphatic rings. The number of guanidine groups is 1. The number of rotatable bonds is 6. The van der Waals surface area contributed by atoms with E-state index < -0.39 is 0 Å². The summed E-state index contributed by atoms with van der Waals surface area (Å²) in [7, 11) is 0. The van der Waals surface area contributed by atoms with Crippen molar-refractivity contribution >= 4 is 11.9 Å².